The molecule has 0 fully saturated rings. The SMILES string of the molecule is CCOC(=O)C(Cc1ccc(Cl)cc1)(Cc1ccc(Cl)cc1)C(C)=O. The number of hydrogen-bond acceptors (Lipinski definition) is 3. The van der Waals surface area contributed by atoms with Gasteiger partial charge in [-0.3, -0.25) is 9.59 Å². The summed E-state index contributed by atoms with van der Waals surface area (Å²) in [6.07, 6.45) is 0.502. The molecule has 0 radical (unpaired) electrons. The fourth-order valence-electron chi connectivity index (χ4n) is 2.77. The van der Waals surface area contributed by atoms with Crippen LogP contribution in [-0.2, 0) is 27.2 Å². The zero-order valence-electron chi connectivity index (χ0n) is 14.2. The van der Waals surface area contributed by atoms with Crippen LogP contribution in [0.2, 0.25) is 10.0 Å². The molecule has 0 saturated heterocycles. The van der Waals surface area contributed by atoms with E-state index < -0.39 is 11.4 Å². The molecule has 0 aromatic heterocycles. The Hall–Kier alpha value is -1.84. The summed E-state index contributed by atoms with van der Waals surface area (Å²) >= 11 is 11.9. The number of carbonyl (C=O) groups is 2. The average molecular weight is 379 g/mol. The number of ketones is 1. The Morgan fingerprint density at radius 1 is 0.880 bits per heavy atom. The Bertz CT molecular complexity index is 689. The maximum absolute atomic E-state index is 12.8. The highest BCUT2D eigenvalue weighted by atomic mass is 35.5. The number of esters is 1. The van der Waals surface area contributed by atoms with Crippen molar-refractivity contribution in [3.63, 3.8) is 0 Å². The van der Waals surface area contributed by atoms with E-state index in [4.69, 9.17) is 27.9 Å². The van der Waals surface area contributed by atoms with Crippen LogP contribution >= 0.6 is 23.2 Å². The van der Waals surface area contributed by atoms with Crippen LogP contribution in [0, 0.1) is 5.41 Å². The Morgan fingerprint density at radius 2 is 1.28 bits per heavy atom. The summed E-state index contributed by atoms with van der Waals surface area (Å²) in [6.45, 7) is 3.38. The van der Waals surface area contributed by atoms with E-state index in [9.17, 15) is 9.59 Å². The zero-order valence-corrected chi connectivity index (χ0v) is 15.7. The van der Waals surface area contributed by atoms with Crippen LogP contribution in [0.15, 0.2) is 48.5 Å². The second-order valence-corrected chi connectivity index (χ2v) is 6.84. The van der Waals surface area contributed by atoms with Gasteiger partial charge in [0.1, 0.15) is 11.2 Å². The van der Waals surface area contributed by atoms with Gasteiger partial charge in [0.15, 0.2) is 0 Å². The van der Waals surface area contributed by atoms with E-state index in [2.05, 4.69) is 0 Å². The van der Waals surface area contributed by atoms with Crippen molar-refractivity contribution >= 4 is 35.0 Å². The molecular weight excluding hydrogens is 359 g/mol. The molecule has 2 aromatic carbocycles. The molecule has 0 atom stereocenters. The van der Waals surface area contributed by atoms with Crippen molar-refractivity contribution in [1.82, 2.24) is 0 Å². The minimum absolute atomic E-state index is 0.217. The first-order chi connectivity index (χ1) is 11.9. The first-order valence-electron chi connectivity index (χ1n) is 8.04. The largest absolute Gasteiger partial charge is 0.465 e. The van der Waals surface area contributed by atoms with Gasteiger partial charge in [-0.25, -0.2) is 0 Å². The third-order valence-corrected chi connectivity index (χ3v) is 4.68. The molecule has 2 rings (SSSR count). The van der Waals surface area contributed by atoms with Crippen molar-refractivity contribution in [1.29, 1.82) is 0 Å². The maximum atomic E-state index is 12.8. The lowest BCUT2D eigenvalue weighted by molar-refractivity contribution is -0.159. The Labute approximate surface area is 157 Å². The molecule has 5 heteroatoms. The number of carbonyl (C=O) groups excluding carboxylic acids is 2. The van der Waals surface area contributed by atoms with E-state index in [1.807, 2.05) is 24.3 Å². The fraction of sp³-hybridized carbons (Fsp3) is 0.300. The minimum atomic E-state index is -1.28. The van der Waals surface area contributed by atoms with E-state index in [0.717, 1.165) is 11.1 Å². The van der Waals surface area contributed by atoms with E-state index >= 15 is 0 Å². The molecule has 0 aliphatic carbocycles. The molecule has 0 unspecified atom stereocenters. The predicted molar refractivity (Wildman–Crippen MR) is 100 cm³/mol. The van der Waals surface area contributed by atoms with Gasteiger partial charge in [0.2, 0.25) is 0 Å². The maximum Gasteiger partial charge on any atom is 0.320 e. The fourth-order valence-corrected chi connectivity index (χ4v) is 3.02. The number of halogens is 2. The topological polar surface area (TPSA) is 43.4 Å². The van der Waals surface area contributed by atoms with Gasteiger partial charge in [-0.1, -0.05) is 47.5 Å². The quantitative estimate of drug-likeness (QED) is 0.507. The van der Waals surface area contributed by atoms with Crippen LogP contribution < -0.4 is 0 Å². The molecule has 0 heterocycles. The summed E-state index contributed by atoms with van der Waals surface area (Å²) in [5.74, 6) is -0.733. The van der Waals surface area contributed by atoms with Crippen LogP contribution in [0.3, 0.4) is 0 Å². The third kappa shape index (κ3) is 4.83. The van der Waals surface area contributed by atoms with Crippen molar-refractivity contribution in [2.45, 2.75) is 26.7 Å². The zero-order chi connectivity index (χ0) is 18.4. The van der Waals surface area contributed by atoms with Crippen molar-refractivity contribution in [3.05, 3.63) is 69.7 Å². The van der Waals surface area contributed by atoms with Gasteiger partial charge in [-0.2, -0.15) is 0 Å². The van der Waals surface area contributed by atoms with Crippen LogP contribution in [-0.4, -0.2) is 18.4 Å². The highest BCUT2D eigenvalue weighted by molar-refractivity contribution is 6.30. The Balaban J connectivity index is 2.43. The van der Waals surface area contributed by atoms with Crippen LogP contribution in [0.4, 0.5) is 0 Å². The summed E-state index contributed by atoms with van der Waals surface area (Å²) in [5.41, 5.74) is 0.417. The molecule has 0 saturated carbocycles. The highest BCUT2D eigenvalue weighted by Gasteiger charge is 2.44. The van der Waals surface area contributed by atoms with E-state index in [0.29, 0.717) is 10.0 Å². The standard InChI is InChI=1S/C20H20Cl2O3/c1-3-25-19(24)20(14(2)23,12-15-4-8-17(21)9-5-15)13-16-6-10-18(22)11-7-16/h4-11H,3,12-13H2,1-2H3. The number of ether oxygens (including phenoxy) is 1. The van der Waals surface area contributed by atoms with Gasteiger partial charge in [0.05, 0.1) is 6.61 Å². The summed E-state index contributed by atoms with van der Waals surface area (Å²) in [7, 11) is 0. The third-order valence-electron chi connectivity index (χ3n) is 4.18. The van der Waals surface area contributed by atoms with Gasteiger partial charge in [0, 0.05) is 10.0 Å². The summed E-state index contributed by atoms with van der Waals surface area (Å²) < 4.78 is 5.25. The molecule has 132 valence electrons. The highest BCUT2D eigenvalue weighted by Crippen LogP contribution is 2.32. The van der Waals surface area contributed by atoms with Gasteiger partial charge in [-0.15, -0.1) is 0 Å². The molecule has 0 bridgehead atoms. The van der Waals surface area contributed by atoms with Crippen molar-refractivity contribution in [2.75, 3.05) is 6.61 Å². The lowest BCUT2D eigenvalue weighted by Crippen LogP contribution is -2.43. The van der Waals surface area contributed by atoms with E-state index in [-0.39, 0.29) is 25.2 Å². The Kier molecular flexibility index (Phi) is 6.63. The average Bonchev–Trinajstić information content (AvgIpc) is 2.58. The van der Waals surface area contributed by atoms with Gasteiger partial charge in [-0.05, 0) is 62.1 Å². The second kappa shape index (κ2) is 8.50. The second-order valence-electron chi connectivity index (χ2n) is 5.97. The summed E-state index contributed by atoms with van der Waals surface area (Å²) in [5, 5.41) is 1.21. The number of Topliss-reactive ketones (excluding diaryl/α,β-unsaturated/α-hetero) is 1. The first kappa shape index (κ1) is 19.5. The molecule has 2 aromatic rings. The summed E-state index contributed by atoms with van der Waals surface area (Å²) in [4.78, 5) is 25.3. The van der Waals surface area contributed by atoms with E-state index in [1.165, 1.54) is 6.92 Å². The normalized spacial score (nSPS) is 11.2. The molecule has 0 amide bonds. The van der Waals surface area contributed by atoms with Crippen LogP contribution in [0.1, 0.15) is 25.0 Å². The van der Waals surface area contributed by atoms with Crippen LogP contribution in [0.25, 0.3) is 0 Å². The lowest BCUT2D eigenvalue weighted by Gasteiger charge is -2.29. The number of rotatable bonds is 7. The molecule has 3 nitrogen and oxygen atoms in total. The predicted octanol–water partition coefficient (Wildman–Crippen LogP) is 4.92. The molecule has 0 aliphatic heterocycles. The van der Waals surface area contributed by atoms with Crippen molar-refractivity contribution in [2.24, 2.45) is 5.41 Å². The summed E-state index contributed by atoms with van der Waals surface area (Å²) in [6, 6.07) is 14.3. The Morgan fingerprint density at radius 3 is 1.60 bits per heavy atom. The first-order valence-corrected chi connectivity index (χ1v) is 8.80. The van der Waals surface area contributed by atoms with Crippen molar-refractivity contribution < 1.29 is 14.3 Å². The van der Waals surface area contributed by atoms with Crippen molar-refractivity contribution in [3.8, 4) is 0 Å². The van der Waals surface area contributed by atoms with Crippen LogP contribution in [0.5, 0.6) is 0 Å². The molecule has 0 spiro atoms. The number of hydrogen-bond donors (Lipinski definition) is 0. The number of benzene rings is 2. The molecule has 0 aliphatic rings. The molecular formula is C20H20Cl2O3. The smallest absolute Gasteiger partial charge is 0.320 e. The van der Waals surface area contributed by atoms with Gasteiger partial charge < -0.3 is 4.74 Å². The lowest BCUT2D eigenvalue weighted by atomic mass is 9.73. The minimum Gasteiger partial charge on any atom is -0.465 e. The molecule has 25 heavy (non-hydrogen) atoms. The van der Waals surface area contributed by atoms with Gasteiger partial charge in [0.25, 0.3) is 0 Å². The van der Waals surface area contributed by atoms with Gasteiger partial charge >= 0.3 is 5.97 Å². The monoisotopic (exact) mass is 378 g/mol. The molecule has 0 N–H and O–H groups in total. The van der Waals surface area contributed by atoms with E-state index in [1.54, 1.807) is 31.2 Å².